The molecule has 8 heteroatoms. The topological polar surface area (TPSA) is 101 Å². The number of aliphatic carboxylic acids is 1. The van der Waals surface area contributed by atoms with Crippen molar-refractivity contribution in [1.29, 1.82) is 0 Å². The van der Waals surface area contributed by atoms with Crippen molar-refractivity contribution in [1.82, 2.24) is 5.32 Å². The van der Waals surface area contributed by atoms with Crippen LogP contribution >= 0.6 is 23.5 Å². The van der Waals surface area contributed by atoms with Crippen LogP contribution in [0.4, 0.5) is 0 Å². The Morgan fingerprint density at radius 3 is 1.79 bits per heavy atom. The summed E-state index contributed by atoms with van der Waals surface area (Å²) < 4.78 is -0.780. The van der Waals surface area contributed by atoms with Gasteiger partial charge in [0.25, 0.3) is 0 Å². The Hall–Kier alpha value is -3.88. The highest BCUT2D eigenvalue weighted by Gasteiger charge is 2.33. The molecule has 0 saturated carbocycles. The monoisotopic (exact) mass is 557 g/mol. The first-order valence-electron chi connectivity index (χ1n) is 12.4. The SMILES string of the molecule is CC(C(=O)NC(Cc1cccc2ccccc12)C(=O)O)C(SC(=O)c1ccccc1)SC(=O)c1ccccc1. The molecule has 198 valence electrons. The highest BCUT2D eigenvalue weighted by atomic mass is 32.2. The zero-order chi connectivity index (χ0) is 27.8. The molecule has 39 heavy (non-hydrogen) atoms. The van der Waals surface area contributed by atoms with E-state index >= 15 is 0 Å². The Balaban J connectivity index is 1.53. The van der Waals surface area contributed by atoms with Crippen molar-refractivity contribution in [2.24, 2.45) is 5.92 Å². The van der Waals surface area contributed by atoms with Gasteiger partial charge in [0, 0.05) is 17.5 Å². The highest BCUT2D eigenvalue weighted by Crippen LogP contribution is 2.35. The number of nitrogens with one attached hydrogen (secondary N) is 1. The minimum Gasteiger partial charge on any atom is -0.480 e. The largest absolute Gasteiger partial charge is 0.480 e. The molecule has 0 saturated heterocycles. The Morgan fingerprint density at radius 2 is 1.23 bits per heavy atom. The van der Waals surface area contributed by atoms with Crippen molar-refractivity contribution in [3.05, 3.63) is 120 Å². The predicted octanol–water partition coefficient (Wildman–Crippen LogP) is 6.06. The predicted molar refractivity (Wildman–Crippen MR) is 157 cm³/mol. The summed E-state index contributed by atoms with van der Waals surface area (Å²) in [4.78, 5) is 51.5. The van der Waals surface area contributed by atoms with E-state index in [4.69, 9.17) is 0 Å². The number of carboxylic acid groups (broad SMARTS) is 1. The number of amides is 1. The molecule has 0 radical (unpaired) electrons. The summed E-state index contributed by atoms with van der Waals surface area (Å²) in [6.45, 7) is 1.60. The lowest BCUT2D eigenvalue weighted by Gasteiger charge is -2.23. The maximum atomic E-state index is 13.4. The molecule has 4 aromatic carbocycles. The normalized spacial score (nSPS) is 12.6. The van der Waals surface area contributed by atoms with Crippen LogP contribution in [0.2, 0.25) is 0 Å². The van der Waals surface area contributed by atoms with Crippen LogP contribution in [0.3, 0.4) is 0 Å². The summed E-state index contributed by atoms with van der Waals surface area (Å²) in [7, 11) is 0. The summed E-state index contributed by atoms with van der Waals surface area (Å²) >= 11 is 1.79. The molecule has 0 aromatic heterocycles. The molecule has 1 amide bonds. The third-order valence-electron chi connectivity index (χ3n) is 6.21. The minimum absolute atomic E-state index is 0.0893. The lowest BCUT2D eigenvalue weighted by atomic mass is 9.98. The number of carbonyl (C=O) groups is 4. The van der Waals surface area contributed by atoms with E-state index in [-0.39, 0.29) is 16.7 Å². The molecule has 6 nitrogen and oxygen atoms in total. The van der Waals surface area contributed by atoms with Crippen molar-refractivity contribution in [3.8, 4) is 0 Å². The van der Waals surface area contributed by atoms with Crippen molar-refractivity contribution in [2.75, 3.05) is 0 Å². The van der Waals surface area contributed by atoms with Crippen LogP contribution in [0.1, 0.15) is 33.2 Å². The highest BCUT2D eigenvalue weighted by molar-refractivity contribution is 8.30. The van der Waals surface area contributed by atoms with Gasteiger partial charge in [0.2, 0.25) is 16.1 Å². The van der Waals surface area contributed by atoms with Gasteiger partial charge in [-0.25, -0.2) is 4.79 Å². The van der Waals surface area contributed by atoms with Gasteiger partial charge in [-0.1, -0.05) is 134 Å². The van der Waals surface area contributed by atoms with Crippen molar-refractivity contribution in [2.45, 2.75) is 24.0 Å². The summed E-state index contributed by atoms with van der Waals surface area (Å²) in [5.41, 5.74) is 1.70. The molecule has 0 fully saturated rings. The molecule has 0 bridgehead atoms. The summed E-state index contributed by atoms with van der Waals surface area (Å²) in [6, 6.07) is 29.4. The van der Waals surface area contributed by atoms with E-state index in [0.717, 1.165) is 39.9 Å². The van der Waals surface area contributed by atoms with E-state index in [0.29, 0.717) is 11.1 Å². The fourth-order valence-corrected chi connectivity index (χ4v) is 6.38. The van der Waals surface area contributed by atoms with Crippen LogP contribution in [-0.4, -0.2) is 37.8 Å². The van der Waals surface area contributed by atoms with Gasteiger partial charge in [-0.3, -0.25) is 14.4 Å². The lowest BCUT2D eigenvalue weighted by Crippen LogP contribution is -2.46. The van der Waals surface area contributed by atoms with Gasteiger partial charge in [-0.05, 0) is 16.3 Å². The molecule has 2 atom stereocenters. The molecule has 4 aromatic rings. The number of hydrogen-bond donors (Lipinski definition) is 2. The van der Waals surface area contributed by atoms with E-state index in [1.165, 1.54) is 0 Å². The molecule has 2 N–H and O–H groups in total. The fourth-order valence-electron chi connectivity index (χ4n) is 4.04. The van der Waals surface area contributed by atoms with Gasteiger partial charge in [-0.2, -0.15) is 0 Å². The zero-order valence-corrected chi connectivity index (χ0v) is 22.8. The number of fused-ring (bicyclic) bond motifs is 1. The minimum atomic E-state index is -1.18. The average Bonchev–Trinajstić information content (AvgIpc) is 2.96. The molecular formula is C31H27NO5S2. The second-order valence-corrected chi connectivity index (χ2v) is 11.5. The van der Waals surface area contributed by atoms with E-state index in [1.807, 2.05) is 42.5 Å². The molecule has 0 aliphatic heterocycles. The van der Waals surface area contributed by atoms with Gasteiger partial charge in [0.15, 0.2) is 0 Å². The number of carboxylic acids is 1. The number of benzene rings is 4. The second-order valence-electron chi connectivity index (χ2n) is 8.94. The van der Waals surface area contributed by atoms with E-state index in [1.54, 1.807) is 67.6 Å². The van der Waals surface area contributed by atoms with Gasteiger partial charge in [0.05, 0.1) is 10.5 Å². The van der Waals surface area contributed by atoms with Crippen LogP contribution in [0.15, 0.2) is 103 Å². The van der Waals surface area contributed by atoms with E-state index in [9.17, 15) is 24.3 Å². The molecule has 0 aliphatic rings. The van der Waals surface area contributed by atoms with Crippen LogP contribution in [0.5, 0.6) is 0 Å². The summed E-state index contributed by atoms with van der Waals surface area (Å²) in [5.74, 6) is -2.56. The van der Waals surface area contributed by atoms with Crippen molar-refractivity contribution < 1.29 is 24.3 Å². The van der Waals surface area contributed by atoms with E-state index < -0.39 is 28.4 Å². The Kier molecular flexibility index (Phi) is 9.57. The average molecular weight is 558 g/mol. The van der Waals surface area contributed by atoms with Crippen LogP contribution < -0.4 is 5.32 Å². The van der Waals surface area contributed by atoms with Crippen LogP contribution in [0, 0.1) is 5.92 Å². The van der Waals surface area contributed by atoms with Gasteiger partial charge in [-0.15, -0.1) is 0 Å². The maximum absolute atomic E-state index is 13.4. The number of hydrogen-bond acceptors (Lipinski definition) is 6. The van der Waals surface area contributed by atoms with E-state index in [2.05, 4.69) is 5.32 Å². The fraction of sp³-hybridized carbons (Fsp3) is 0.161. The summed E-state index contributed by atoms with van der Waals surface area (Å²) in [6.07, 6.45) is 0.0893. The molecule has 2 unspecified atom stereocenters. The van der Waals surface area contributed by atoms with Crippen LogP contribution in [-0.2, 0) is 16.0 Å². The molecule has 0 heterocycles. The summed E-state index contributed by atoms with van der Waals surface area (Å²) in [5, 5.41) is 13.9. The van der Waals surface area contributed by atoms with Crippen molar-refractivity contribution >= 4 is 56.4 Å². The van der Waals surface area contributed by atoms with Crippen LogP contribution in [0.25, 0.3) is 10.8 Å². The third-order valence-corrected chi connectivity index (χ3v) is 8.96. The number of rotatable bonds is 10. The standard InChI is InChI=1S/C31H27NO5S2/c1-20(27(33)32-26(28(34)35)19-24-17-10-16-21-11-8-9-18-25(21)24)31(38-29(36)22-12-4-2-5-13-22)39-30(37)23-14-6-3-7-15-23/h2-18,20,26,31H,19H2,1H3,(H,32,33)(H,34,35). The molecule has 0 aliphatic carbocycles. The number of carbonyl (C=O) groups excluding carboxylic acids is 3. The molecular weight excluding hydrogens is 530 g/mol. The third kappa shape index (κ3) is 7.37. The lowest BCUT2D eigenvalue weighted by molar-refractivity contribution is -0.142. The smallest absolute Gasteiger partial charge is 0.326 e. The first kappa shape index (κ1) is 28.1. The Morgan fingerprint density at radius 1 is 0.718 bits per heavy atom. The van der Waals surface area contributed by atoms with Gasteiger partial charge in [0.1, 0.15) is 6.04 Å². The molecule has 4 rings (SSSR count). The van der Waals surface area contributed by atoms with Crippen molar-refractivity contribution in [3.63, 3.8) is 0 Å². The first-order valence-corrected chi connectivity index (χ1v) is 14.1. The maximum Gasteiger partial charge on any atom is 0.326 e. The van der Waals surface area contributed by atoms with Gasteiger partial charge >= 0.3 is 5.97 Å². The molecule has 0 spiro atoms. The van der Waals surface area contributed by atoms with Gasteiger partial charge < -0.3 is 10.4 Å². The Bertz CT molecular complexity index is 1420. The number of thioether (sulfide) groups is 2. The Labute approximate surface area is 235 Å². The quantitative estimate of drug-likeness (QED) is 0.229. The second kappa shape index (κ2) is 13.3. The first-order chi connectivity index (χ1) is 18.8. The zero-order valence-electron chi connectivity index (χ0n) is 21.2.